The fraction of sp³-hybridized carbons (Fsp3) is 0.176. The van der Waals surface area contributed by atoms with Crippen molar-refractivity contribution in [1.29, 1.82) is 0 Å². The zero-order valence-electron chi connectivity index (χ0n) is 13.6. The number of anilines is 2. The van der Waals surface area contributed by atoms with Crippen LogP contribution in [0, 0.1) is 0 Å². The van der Waals surface area contributed by atoms with Crippen LogP contribution in [0.3, 0.4) is 0 Å². The van der Waals surface area contributed by atoms with Crippen LogP contribution in [0.2, 0.25) is 10.0 Å². The Bertz CT molecular complexity index is 796. The fourth-order valence-electron chi connectivity index (χ4n) is 2.06. The van der Waals surface area contributed by atoms with Crippen molar-refractivity contribution in [2.45, 2.75) is 0 Å². The van der Waals surface area contributed by atoms with Crippen LogP contribution in [0.25, 0.3) is 0 Å². The third-order valence-electron chi connectivity index (χ3n) is 3.26. The van der Waals surface area contributed by atoms with Gasteiger partial charge in [-0.2, -0.15) is 0 Å². The molecule has 0 radical (unpaired) electrons. The van der Waals surface area contributed by atoms with Gasteiger partial charge in [0.15, 0.2) is 0 Å². The molecule has 0 aliphatic carbocycles. The van der Waals surface area contributed by atoms with E-state index >= 15 is 0 Å². The molecule has 8 heteroatoms. The van der Waals surface area contributed by atoms with Crippen molar-refractivity contribution >= 4 is 46.5 Å². The van der Waals surface area contributed by atoms with Crippen LogP contribution < -0.4 is 15.4 Å². The quantitative estimate of drug-likeness (QED) is 0.742. The highest BCUT2D eigenvalue weighted by Gasteiger charge is 2.12. The van der Waals surface area contributed by atoms with Crippen molar-refractivity contribution in [3.63, 3.8) is 0 Å². The summed E-state index contributed by atoms with van der Waals surface area (Å²) < 4.78 is 9.83. The standard InChI is InChI=1S/C17H16Cl2N2O4/c1-24-15-6-3-10(18)7-14(15)21-16(22)9-20-11-4-5-13(19)12(8-11)17(23)25-2/h3-8,20H,9H2,1-2H3,(H,21,22). The first-order valence-corrected chi connectivity index (χ1v) is 7.95. The summed E-state index contributed by atoms with van der Waals surface area (Å²) in [6.07, 6.45) is 0. The normalized spacial score (nSPS) is 10.1. The van der Waals surface area contributed by atoms with Gasteiger partial charge >= 0.3 is 5.97 Å². The first-order chi connectivity index (χ1) is 11.9. The van der Waals surface area contributed by atoms with E-state index in [4.69, 9.17) is 27.9 Å². The van der Waals surface area contributed by atoms with Gasteiger partial charge in [0.1, 0.15) is 5.75 Å². The number of rotatable bonds is 6. The number of ether oxygens (including phenoxy) is 2. The third kappa shape index (κ3) is 5.01. The fourth-order valence-corrected chi connectivity index (χ4v) is 2.42. The van der Waals surface area contributed by atoms with Crippen LogP contribution in [-0.2, 0) is 9.53 Å². The van der Waals surface area contributed by atoms with E-state index in [1.807, 2.05) is 0 Å². The first kappa shape index (κ1) is 18.9. The predicted octanol–water partition coefficient (Wildman–Crippen LogP) is 3.84. The van der Waals surface area contributed by atoms with Crippen molar-refractivity contribution in [2.24, 2.45) is 0 Å². The number of methoxy groups -OCH3 is 2. The molecule has 0 saturated carbocycles. The zero-order valence-corrected chi connectivity index (χ0v) is 15.1. The maximum Gasteiger partial charge on any atom is 0.339 e. The largest absolute Gasteiger partial charge is 0.495 e. The van der Waals surface area contributed by atoms with E-state index in [0.717, 1.165) is 0 Å². The molecule has 2 aromatic carbocycles. The third-order valence-corrected chi connectivity index (χ3v) is 3.83. The lowest BCUT2D eigenvalue weighted by atomic mass is 10.2. The number of halogens is 2. The molecule has 0 aliphatic heterocycles. The number of carbonyl (C=O) groups is 2. The lowest BCUT2D eigenvalue weighted by Crippen LogP contribution is -2.22. The Morgan fingerprint density at radius 2 is 1.84 bits per heavy atom. The second-order valence-electron chi connectivity index (χ2n) is 4.93. The Morgan fingerprint density at radius 3 is 2.52 bits per heavy atom. The topological polar surface area (TPSA) is 76.7 Å². The van der Waals surface area contributed by atoms with Crippen molar-refractivity contribution in [2.75, 3.05) is 31.4 Å². The summed E-state index contributed by atoms with van der Waals surface area (Å²) in [5, 5.41) is 6.36. The van der Waals surface area contributed by atoms with E-state index < -0.39 is 5.97 Å². The van der Waals surface area contributed by atoms with Crippen LogP contribution in [0.4, 0.5) is 11.4 Å². The van der Waals surface area contributed by atoms with E-state index in [2.05, 4.69) is 15.4 Å². The van der Waals surface area contributed by atoms with Crippen LogP contribution in [0.5, 0.6) is 5.75 Å². The number of amides is 1. The summed E-state index contributed by atoms with van der Waals surface area (Å²) in [4.78, 5) is 23.7. The van der Waals surface area contributed by atoms with Gasteiger partial charge in [0.2, 0.25) is 5.91 Å². The Balaban J connectivity index is 2.03. The maximum absolute atomic E-state index is 12.1. The molecular formula is C17H16Cl2N2O4. The Morgan fingerprint density at radius 1 is 1.08 bits per heavy atom. The summed E-state index contributed by atoms with van der Waals surface area (Å²) >= 11 is 11.9. The second kappa shape index (κ2) is 8.60. The number of hydrogen-bond acceptors (Lipinski definition) is 5. The molecule has 1 amide bonds. The van der Waals surface area contributed by atoms with Gasteiger partial charge in [0, 0.05) is 10.7 Å². The first-order valence-electron chi connectivity index (χ1n) is 7.19. The highest BCUT2D eigenvalue weighted by molar-refractivity contribution is 6.33. The van der Waals surface area contributed by atoms with Crippen molar-refractivity contribution in [1.82, 2.24) is 0 Å². The van der Waals surface area contributed by atoms with Crippen molar-refractivity contribution in [3.05, 3.63) is 52.0 Å². The average molecular weight is 383 g/mol. The lowest BCUT2D eigenvalue weighted by molar-refractivity contribution is -0.114. The molecule has 0 bridgehead atoms. The van der Waals surface area contributed by atoms with Gasteiger partial charge in [-0.1, -0.05) is 23.2 Å². The zero-order chi connectivity index (χ0) is 18.4. The molecule has 0 aromatic heterocycles. The van der Waals surface area contributed by atoms with Gasteiger partial charge in [-0.25, -0.2) is 4.79 Å². The molecule has 0 aliphatic rings. The molecule has 6 nitrogen and oxygen atoms in total. The molecule has 25 heavy (non-hydrogen) atoms. The van der Waals surface area contributed by atoms with Gasteiger partial charge in [-0.15, -0.1) is 0 Å². The molecule has 0 unspecified atom stereocenters. The van der Waals surface area contributed by atoms with Crippen molar-refractivity contribution in [3.8, 4) is 5.75 Å². The van der Waals surface area contributed by atoms with E-state index in [-0.39, 0.29) is 23.0 Å². The number of hydrogen-bond donors (Lipinski definition) is 2. The average Bonchev–Trinajstić information content (AvgIpc) is 2.60. The molecule has 0 fully saturated rings. The summed E-state index contributed by atoms with van der Waals surface area (Å²) in [5.41, 5.74) is 1.23. The number of carbonyl (C=O) groups excluding carboxylic acids is 2. The lowest BCUT2D eigenvalue weighted by Gasteiger charge is -2.12. The van der Waals surface area contributed by atoms with Gasteiger partial charge < -0.3 is 20.1 Å². The summed E-state index contributed by atoms with van der Waals surface area (Å²) in [7, 11) is 2.77. The van der Waals surface area contributed by atoms with Gasteiger partial charge in [-0.3, -0.25) is 4.79 Å². The Kier molecular flexibility index (Phi) is 6.50. The van der Waals surface area contributed by atoms with Gasteiger partial charge in [-0.05, 0) is 36.4 Å². The monoisotopic (exact) mass is 382 g/mol. The molecular weight excluding hydrogens is 367 g/mol. The molecule has 0 heterocycles. The Labute approximate surface area is 155 Å². The molecule has 0 spiro atoms. The summed E-state index contributed by atoms with van der Waals surface area (Å²) in [6.45, 7) is -0.0298. The van der Waals surface area contributed by atoms with Crippen LogP contribution in [0.1, 0.15) is 10.4 Å². The predicted molar refractivity (Wildman–Crippen MR) is 97.9 cm³/mol. The second-order valence-corrected chi connectivity index (χ2v) is 5.78. The molecule has 2 aromatic rings. The van der Waals surface area contributed by atoms with Crippen LogP contribution in [-0.4, -0.2) is 32.6 Å². The molecule has 2 N–H and O–H groups in total. The van der Waals surface area contributed by atoms with Crippen molar-refractivity contribution < 1.29 is 19.1 Å². The van der Waals surface area contributed by atoms with E-state index in [1.54, 1.807) is 30.3 Å². The Hall–Kier alpha value is -2.44. The van der Waals surface area contributed by atoms with E-state index in [1.165, 1.54) is 20.3 Å². The molecule has 132 valence electrons. The maximum atomic E-state index is 12.1. The SMILES string of the molecule is COC(=O)c1cc(NCC(=O)Nc2cc(Cl)ccc2OC)ccc1Cl. The summed E-state index contributed by atoms with van der Waals surface area (Å²) in [6, 6.07) is 9.64. The minimum absolute atomic E-state index is 0.0298. The van der Waals surface area contributed by atoms with Crippen LogP contribution >= 0.6 is 23.2 Å². The van der Waals surface area contributed by atoms with E-state index in [0.29, 0.717) is 22.1 Å². The van der Waals surface area contributed by atoms with Gasteiger partial charge in [0.05, 0.1) is 37.0 Å². The van der Waals surface area contributed by atoms with Crippen LogP contribution in [0.15, 0.2) is 36.4 Å². The number of esters is 1. The van der Waals surface area contributed by atoms with E-state index in [9.17, 15) is 9.59 Å². The highest BCUT2D eigenvalue weighted by atomic mass is 35.5. The smallest absolute Gasteiger partial charge is 0.339 e. The molecule has 0 atom stereocenters. The van der Waals surface area contributed by atoms with Gasteiger partial charge in [0.25, 0.3) is 0 Å². The minimum Gasteiger partial charge on any atom is -0.495 e. The molecule has 0 saturated heterocycles. The highest BCUT2D eigenvalue weighted by Crippen LogP contribution is 2.27. The minimum atomic E-state index is -0.554. The number of benzene rings is 2. The summed E-state index contributed by atoms with van der Waals surface area (Å²) in [5.74, 6) is -0.367. The molecule has 2 rings (SSSR count). The number of nitrogens with one attached hydrogen (secondary N) is 2.